The van der Waals surface area contributed by atoms with Gasteiger partial charge in [-0.1, -0.05) is 17.7 Å². The molecule has 0 saturated heterocycles. The number of rotatable bonds is 2. The Balaban J connectivity index is 2.42. The monoisotopic (exact) mass is 305 g/mol. The zero-order chi connectivity index (χ0) is 15.7. The summed E-state index contributed by atoms with van der Waals surface area (Å²) in [6, 6.07) is 3.67. The van der Waals surface area contributed by atoms with E-state index in [-0.39, 0.29) is 5.56 Å². The van der Waals surface area contributed by atoms with Crippen LogP contribution >= 0.6 is 11.6 Å². The molecule has 6 heteroatoms. The van der Waals surface area contributed by atoms with Gasteiger partial charge < -0.3 is 10.3 Å². The lowest BCUT2D eigenvalue weighted by atomic mass is 10.1. The van der Waals surface area contributed by atoms with E-state index in [4.69, 9.17) is 11.6 Å². The molecule has 1 aromatic heterocycles. The smallest absolute Gasteiger partial charge is 0.264 e. The Hall–Kier alpha value is -2.14. The van der Waals surface area contributed by atoms with Crippen molar-refractivity contribution >= 4 is 23.2 Å². The minimum atomic E-state index is -0.518. The average Bonchev–Trinajstić information content (AvgIpc) is 2.32. The van der Waals surface area contributed by atoms with Gasteiger partial charge >= 0.3 is 0 Å². The van der Waals surface area contributed by atoms with E-state index in [1.165, 1.54) is 0 Å². The summed E-state index contributed by atoms with van der Waals surface area (Å²) in [5, 5.41) is 3.13. The number of hydrogen-bond donors (Lipinski definition) is 2. The van der Waals surface area contributed by atoms with Crippen molar-refractivity contribution in [3.8, 4) is 0 Å². The van der Waals surface area contributed by atoms with Gasteiger partial charge in [-0.3, -0.25) is 9.59 Å². The number of hydrogen-bond acceptors (Lipinski definition) is 3. The summed E-state index contributed by atoms with van der Waals surface area (Å²) in [6.45, 7) is 7.06. The normalized spacial score (nSPS) is 10.5. The molecule has 0 aliphatic carbocycles. The zero-order valence-corrected chi connectivity index (χ0v) is 13.1. The van der Waals surface area contributed by atoms with Crippen LogP contribution in [-0.4, -0.2) is 15.9 Å². The molecule has 5 nitrogen and oxygen atoms in total. The molecule has 0 fully saturated rings. The lowest BCUT2D eigenvalue weighted by molar-refractivity contribution is 0.102. The Labute approximate surface area is 127 Å². The van der Waals surface area contributed by atoms with Crippen LogP contribution in [0.1, 0.15) is 33.0 Å². The molecule has 2 rings (SSSR count). The van der Waals surface area contributed by atoms with Crippen LogP contribution in [0.4, 0.5) is 5.69 Å². The van der Waals surface area contributed by atoms with Crippen LogP contribution in [0.5, 0.6) is 0 Å². The van der Waals surface area contributed by atoms with E-state index >= 15 is 0 Å². The Bertz CT molecular complexity index is 758. The summed E-state index contributed by atoms with van der Waals surface area (Å²) in [6.07, 6.45) is 0. The molecule has 0 spiro atoms. The van der Waals surface area contributed by atoms with Crippen LogP contribution in [0.15, 0.2) is 16.9 Å². The van der Waals surface area contributed by atoms with Crippen molar-refractivity contribution in [2.24, 2.45) is 0 Å². The number of benzene rings is 1. The third-order valence-electron chi connectivity index (χ3n) is 3.12. The summed E-state index contributed by atoms with van der Waals surface area (Å²) < 4.78 is 0. The van der Waals surface area contributed by atoms with Crippen molar-refractivity contribution in [3.05, 3.63) is 55.7 Å². The third kappa shape index (κ3) is 3.13. The second-order valence-corrected chi connectivity index (χ2v) is 5.41. The van der Waals surface area contributed by atoms with Gasteiger partial charge in [0.25, 0.3) is 11.5 Å². The van der Waals surface area contributed by atoms with Gasteiger partial charge in [-0.2, -0.15) is 0 Å². The van der Waals surface area contributed by atoms with Gasteiger partial charge in [-0.25, -0.2) is 4.98 Å². The Morgan fingerprint density at radius 3 is 2.48 bits per heavy atom. The molecule has 0 aliphatic rings. The van der Waals surface area contributed by atoms with E-state index in [2.05, 4.69) is 15.3 Å². The SMILES string of the molecule is Cc1cc(C)c(NC(=O)c2c(C)nc(C)[nH]c2=O)c(Cl)c1. The van der Waals surface area contributed by atoms with E-state index in [1.54, 1.807) is 19.9 Å². The summed E-state index contributed by atoms with van der Waals surface area (Å²) >= 11 is 6.15. The largest absolute Gasteiger partial charge is 0.320 e. The first kappa shape index (κ1) is 15.3. The fourth-order valence-electron chi connectivity index (χ4n) is 2.24. The molecule has 0 radical (unpaired) electrons. The molecule has 1 aromatic carbocycles. The number of aryl methyl sites for hydroxylation is 4. The number of aromatic nitrogens is 2. The number of H-pyrrole nitrogens is 1. The minimum Gasteiger partial charge on any atom is -0.320 e. The Morgan fingerprint density at radius 1 is 1.24 bits per heavy atom. The molecule has 21 heavy (non-hydrogen) atoms. The molecular formula is C15H16ClN3O2. The predicted octanol–water partition coefficient (Wildman–Crippen LogP) is 2.91. The maximum Gasteiger partial charge on any atom is 0.264 e. The first-order chi connectivity index (χ1) is 9.79. The second-order valence-electron chi connectivity index (χ2n) is 5.00. The number of nitrogens with zero attached hydrogens (tertiary/aromatic N) is 1. The van der Waals surface area contributed by atoms with E-state index < -0.39 is 11.5 Å². The highest BCUT2D eigenvalue weighted by atomic mass is 35.5. The van der Waals surface area contributed by atoms with Crippen LogP contribution in [0.2, 0.25) is 5.02 Å². The van der Waals surface area contributed by atoms with Gasteiger partial charge in [-0.05, 0) is 44.9 Å². The van der Waals surface area contributed by atoms with E-state index in [9.17, 15) is 9.59 Å². The fraction of sp³-hybridized carbons (Fsp3) is 0.267. The number of carbonyl (C=O) groups excluding carboxylic acids is 1. The standard InChI is InChI=1S/C15H16ClN3O2/c1-7-5-8(2)13(11(16)6-7)19-15(21)12-9(3)17-10(4)18-14(12)20/h5-6H,1-4H3,(H,19,21)(H,17,18,20). The number of aromatic amines is 1. The number of nitrogens with one attached hydrogen (secondary N) is 2. The van der Waals surface area contributed by atoms with Gasteiger partial charge in [0.1, 0.15) is 11.4 Å². The van der Waals surface area contributed by atoms with Gasteiger partial charge in [-0.15, -0.1) is 0 Å². The highest BCUT2D eigenvalue weighted by Gasteiger charge is 2.17. The van der Waals surface area contributed by atoms with Crippen LogP contribution in [-0.2, 0) is 0 Å². The highest BCUT2D eigenvalue weighted by Crippen LogP contribution is 2.27. The topological polar surface area (TPSA) is 74.8 Å². The van der Waals surface area contributed by atoms with Crippen LogP contribution < -0.4 is 10.9 Å². The van der Waals surface area contributed by atoms with Crippen LogP contribution in [0.3, 0.4) is 0 Å². The predicted molar refractivity (Wildman–Crippen MR) is 83.2 cm³/mol. The van der Waals surface area contributed by atoms with Crippen molar-refractivity contribution < 1.29 is 4.79 Å². The molecule has 0 aliphatic heterocycles. The number of anilines is 1. The van der Waals surface area contributed by atoms with Crippen molar-refractivity contribution in [3.63, 3.8) is 0 Å². The maximum absolute atomic E-state index is 12.3. The first-order valence-electron chi connectivity index (χ1n) is 6.45. The van der Waals surface area contributed by atoms with Crippen LogP contribution in [0.25, 0.3) is 0 Å². The van der Waals surface area contributed by atoms with Crippen molar-refractivity contribution in [2.75, 3.05) is 5.32 Å². The fourth-order valence-corrected chi connectivity index (χ4v) is 2.61. The number of amides is 1. The Morgan fingerprint density at radius 2 is 1.90 bits per heavy atom. The molecule has 0 atom stereocenters. The maximum atomic E-state index is 12.3. The van der Waals surface area contributed by atoms with E-state index in [1.807, 2.05) is 19.9 Å². The van der Waals surface area contributed by atoms with Crippen molar-refractivity contribution in [2.45, 2.75) is 27.7 Å². The molecule has 0 bridgehead atoms. The van der Waals surface area contributed by atoms with Gasteiger partial charge in [0.2, 0.25) is 0 Å². The summed E-state index contributed by atoms with van der Waals surface area (Å²) in [7, 11) is 0. The molecule has 110 valence electrons. The summed E-state index contributed by atoms with van der Waals surface area (Å²) in [4.78, 5) is 30.9. The summed E-state index contributed by atoms with van der Waals surface area (Å²) in [5.74, 6) is -0.0475. The molecule has 1 heterocycles. The quantitative estimate of drug-likeness (QED) is 0.896. The molecule has 2 aromatic rings. The number of halogens is 1. The molecule has 2 N–H and O–H groups in total. The highest BCUT2D eigenvalue weighted by molar-refractivity contribution is 6.34. The van der Waals surface area contributed by atoms with Crippen LogP contribution in [0, 0.1) is 27.7 Å². The molecule has 0 saturated carbocycles. The minimum absolute atomic E-state index is 0.00311. The van der Waals surface area contributed by atoms with Gasteiger partial charge in [0, 0.05) is 0 Å². The van der Waals surface area contributed by atoms with Gasteiger partial charge in [0.15, 0.2) is 0 Å². The van der Waals surface area contributed by atoms with E-state index in [0.717, 1.165) is 11.1 Å². The summed E-state index contributed by atoms with van der Waals surface area (Å²) in [5.41, 5.74) is 2.26. The zero-order valence-electron chi connectivity index (χ0n) is 12.3. The molecular weight excluding hydrogens is 290 g/mol. The second kappa shape index (κ2) is 5.69. The molecule has 1 amide bonds. The Kier molecular flexibility index (Phi) is 4.14. The third-order valence-corrected chi connectivity index (χ3v) is 3.41. The number of carbonyl (C=O) groups is 1. The van der Waals surface area contributed by atoms with Crippen molar-refractivity contribution in [1.29, 1.82) is 0 Å². The van der Waals surface area contributed by atoms with Crippen molar-refractivity contribution in [1.82, 2.24) is 9.97 Å². The lowest BCUT2D eigenvalue weighted by Crippen LogP contribution is -2.26. The van der Waals surface area contributed by atoms with Gasteiger partial charge in [0.05, 0.1) is 16.4 Å². The first-order valence-corrected chi connectivity index (χ1v) is 6.83. The average molecular weight is 306 g/mol. The van der Waals surface area contributed by atoms with E-state index in [0.29, 0.717) is 22.2 Å². The lowest BCUT2D eigenvalue weighted by Gasteiger charge is -2.12. The molecule has 0 unspecified atom stereocenters.